The number of carbonyl (C=O) groups excluding carboxylic acids is 1. The fourth-order valence-electron chi connectivity index (χ4n) is 2.96. The van der Waals surface area contributed by atoms with Gasteiger partial charge in [-0.3, -0.25) is 4.79 Å². The van der Waals surface area contributed by atoms with Gasteiger partial charge in [-0.1, -0.05) is 27.5 Å². The van der Waals surface area contributed by atoms with Gasteiger partial charge in [-0.2, -0.15) is 4.31 Å². The molecule has 1 heterocycles. The Labute approximate surface area is 170 Å². The number of carbonyl (C=O) groups is 1. The lowest BCUT2D eigenvalue weighted by atomic mass is 9.98. The van der Waals surface area contributed by atoms with Gasteiger partial charge in [-0.25, -0.2) is 12.8 Å². The van der Waals surface area contributed by atoms with E-state index < -0.39 is 27.7 Å². The van der Waals surface area contributed by atoms with Gasteiger partial charge in [0.2, 0.25) is 15.9 Å². The average molecular weight is 476 g/mol. The Morgan fingerprint density at radius 2 is 1.93 bits per heavy atom. The molecule has 5 nitrogen and oxygen atoms in total. The Kier molecular flexibility index (Phi) is 6.20. The number of rotatable bonds is 4. The first-order valence-electron chi connectivity index (χ1n) is 8.29. The first-order valence-corrected chi connectivity index (χ1v) is 10.9. The molecule has 1 amide bonds. The minimum Gasteiger partial charge on any atom is -0.323 e. The molecule has 9 heteroatoms. The number of hydrogen-bond donors (Lipinski definition) is 1. The molecule has 27 heavy (non-hydrogen) atoms. The molecule has 2 aromatic carbocycles. The zero-order valence-electron chi connectivity index (χ0n) is 14.2. The predicted molar refractivity (Wildman–Crippen MR) is 106 cm³/mol. The topological polar surface area (TPSA) is 66.5 Å². The molecule has 0 saturated carbocycles. The van der Waals surface area contributed by atoms with Gasteiger partial charge in [0.25, 0.3) is 0 Å². The van der Waals surface area contributed by atoms with Crippen LogP contribution in [0, 0.1) is 11.7 Å². The number of sulfonamides is 1. The molecule has 1 N–H and O–H groups in total. The van der Waals surface area contributed by atoms with Crippen LogP contribution >= 0.6 is 27.5 Å². The van der Waals surface area contributed by atoms with Gasteiger partial charge in [-0.15, -0.1) is 0 Å². The summed E-state index contributed by atoms with van der Waals surface area (Å²) in [6.45, 7) is 0.385. The van der Waals surface area contributed by atoms with Gasteiger partial charge >= 0.3 is 0 Å². The summed E-state index contributed by atoms with van der Waals surface area (Å²) in [4.78, 5) is 12.7. The van der Waals surface area contributed by atoms with E-state index >= 15 is 0 Å². The third-order valence-corrected chi connectivity index (χ3v) is 7.02. The Hall–Kier alpha value is -1.48. The maximum atomic E-state index is 13.9. The van der Waals surface area contributed by atoms with Crippen molar-refractivity contribution in [2.45, 2.75) is 17.7 Å². The summed E-state index contributed by atoms with van der Waals surface area (Å²) in [6, 6.07) is 10.3. The van der Waals surface area contributed by atoms with Crippen molar-refractivity contribution in [3.8, 4) is 0 Å². The molecule has 1 aliphatic rings. The minimum absolute atomic E-state index is 0.0505. The summed E-state index contributed by atoms with van der Waals surface area (Å²) >= 11 is 8.98. The molecule has 0 bridgehead atoms. The van der Waals surface area contributed by atoms with Crippen LogP contribution < -0.4 is 5.32 Å². The molecule has 1 atom stereocenters. The molecular weight excluding hydrogens is 459 g/mol. The fraction of sp³-hybridized carbons (Fsp3) is 0.278. The fourth-order valence-corrected chi connectivity index (χ4v) is 4.94. The van der Waals surface area contributed by atoms with Crippen molar-refractivity contribution in [3.05, 3.63) is 57.8 Å². The number of nitrogens with zero attached hydrogens (tertiary/aromatic N) is 1. The lowest BCUT2D eigenvalue weighted by Gasteiger charge is -2.31. The highest BCUT2D eigenvalue weighted by atomic mass is 79.9. The van der Waals surface area contributed by atoms with Gasteiger partial charge in [0.05, 0.1) is 16.5 Å². The predicted octanol–water partition coefficient (Wildman–Crippen LogP) is 4.28. The van der Waals surface area contributed by atoms with Crippen molar-refractivity contribution in [2.24, 2.45) is 5.92 Å². The van der Waals surface area contributed by atoms with Crippen molar-refractivity contribution in [1.29, 1.82) is 0 Å². The summed E-state index contributed by atoms with van der Waals surface area (Å²) < 4.78 is 41.4. The Morgan fingerprint density at radius 3 is 2.59 bits per heavy atom. The number of hydrogen-bond acceptors (Lipinski definition) is 3. The molecule has 1 fully saturated rings. The van der Waals surface area contributed by atoms with E-state index in [4.69, 9.17) is 11.6 Å². The van der Waals surface area contributed by atoms with Crippen LogP contribution in [0.15, 0.2) is 51.8 Å². The SMILES string of the molecule is O=C(Nc1ccc(Br)cc1F)[C@@H]1CCCN(S(=O)(=O)c2ccc(Cl)cc2)C1. The molecule has 2 aromatic rings. The Morgan fingerprint density at radius 1 is 1.22 bits per heavy atom. The second-order valence-corrected chi connectivity index (χ2v) is 9.56. The third-order valence-electron chi connectivity index (χ3n) is 4.40. The van der Waals surface area contributed by atoms with Gasteiger partial charge in [0.1, 0.15) is 5.82 Å². The second kappa shape index (κ2) is 8.26. The van der Waals surface area contributed by atoms with Crippen LogP contribution in [0.5, 0.6) is 0 Å². The molecular formula is C18H17BrClFN2O3S. The number of amides is 1. The molecule has 1 saturated heterocycles. The number of halogens is 3. The standard InChI is InChI=1S/C18H17BrClFN2O3S/c19-13-3-8-17(16(21)10-13)22-18(24)12-2-1-9-23(11-12)27(25,26)15-6-4-14(20)5-7-15/h3-8,10,12H,1-2,9,11H2,(H,22,24)/t12-/m1/s1. The monoisotopic (exact) mass is 474 g/mol. The second-order valence-electron chi connectivity index (χ2n) is 6.27. The van der Waals surface area contributed by atoms with Crippen LogP contribution in [0.25, 0.3) is 0 Å². The van der Waals surface area contributed by atoms with E-state index in [1.807, 2.05) is 0 Å². The first kappa shape index (κ1) is 20.3. The molecule has 0 aromatic heterocycles. The molecule has 144 valence electrons. The number of anilines is 1. The smallest absolute Gasteiger partial charge is 0.243 e. The Balaban J connectivity index is 1.73. The van der Waals surface area contributed by atoms with Gasteiger partial charge in [-0.05, 0) is 55.3 Å². The number of piperidine rings is 1. The largest absolute Gasteiger partial charge is 0.323 e. The van der Waals surface area contributed by atoms with Crippen molar-refractivity contribution in [1.82, 2.24) is 4.31 Å². The average Bonchev–Trinajstić information content (AvgIpc) is 2.64. The van der Waals surface area contributed by atoms with Crippen LogP contribution in [0.3, 0.4) is 0 Å². The van der Waals surface area contributed by atoms with Crippen molar-refractivity contribution in [2.75, 3.05) is 18.4 Å². The zero-order valence-corrected chi connectivity index (χ0v) is 17.3. The highest BCUT2D eigenvalue weighted by molar-refractivity contribution is 9.10. The van der Waals surface area contributed by atoms with Gasteiger partial charge in [0, 0.05) is 22.6 Å². The van der Waals surface area contributed by atoms with Gasteiger partial charge < -0.3 is 5.32 Å². The first-order chi connectivity index (χ1) is 12.8. The maximum Gasteiger partial charge on any atom is 0.243 e. The minimum atomic E-state index is -3.72. The summed E-state index contributed by atoms with van der Waals surface area (Å²) in [6.07, 6.45) is 1.09. The van der Waals surface area contributed by atoms with Crippen LogP contribution in [0.4, 0.5) is 10.1 Å². The normalized spacial score (nSPS) is 18.3. The van der Waals surface area contributed by atoms with Crippen molar-refractivity contribution in [3.63, 3.8) is 0 Å². The van der Waals surface area contributed by atoms with E-state index in [0.717, 1.165) is 0 Å². The van der Waals surface area contributed by atoms with E-state index in [0.29, 0.717) is 28.9 Å². The van der Waals surface area contributed by atoms with Crippen LogP contribution in [0.1, 0.15) is 12.8 Å². The highest BCUT2D eigenvalue weighted by Crippen LogP contribution is 2.26. The Bertz CT molecular complexity index is 954. The van der Waals surface area contributed by atoms with Crippen LogP contribution in [-0.4, -0.2) is 31.7 Å². The van der Waals surface area contributed by atoms with E-state index in [-0.39, 0.29) is 17.1 Å². The van der Waals surface area contributed by atoms with E-state index in [9.17, 15) is 17.6 Å². The summed E-state index contributed by atoms with van der Waals surface area (Å²) in [5, 5.41) is 3.00. The molecule has 0 unspecified atom stereocenters. The summed E-state index contributed by atoms with van der Waals surface area (Å²) in [5.41, 5.74) is 0.0703. The van der Waals surface area contributed by atoms with Crippen molar-refractivity contribution < 1.29 is 17.6 Å². The quantitative estimate of drug-likeness (QED) is 0.718. The summed E-state index contributed by atoms with van der Waals surface area (Å²) in [7, 11) is -3.72. The number of benzene rings is 2. The van der Waals surface area contributed by atoms with Crippen LogP contribution in [-0.2, 0) is 14.8 Å². The van der Waals surface area contributed by atoms with E-state index in [1.54, 1.807) is 6.07 Å². The lowest BCUT2D eigenvalue weighted by Crippen LogP contribution is -2.43. The number of nitrogens with one attached hydrogen (secondary N) is 1. The highest BCUT2D eigenvalue weighted by Gasteiger charge is 2.33. The van der Waals surface area contributed by atoms with Crippen molar-refractivity contribution >= 4 is 49.1 Å². The molecule has 1 aliphatic heterocycles. The van der Waals surface area contributed by atoms with E-state index in [1.165, 1.54) is 40.7 Å². The summed E-state index contributed by atoms with van der Waals surface area (Å²) in [5.74, 6) is -1.50. The third kappa shape index (κ3) is 4.68. The molecule has 3 rings (SSSR count). The molecule has 0 aliphatic carbocycles. The lowest BCUT2D eigenvalue weighted by molar-refractivity contribution is -0.120. The maximum absolute atomic E-state index is 13.9. The zero-order chi connectivity index (χ0) is 19.6. The molecule has 0 spiro atoms. The van der Waals surface area contributed by atoms with Gasteiger partial charge in [0.15, 0.2) is 0 Å². The molecule has 0 radical (unpaired) electrons. The van der Waals surface area contributed by atoms with E-state index in [2.05, 4.69) is 21.2 Å². The van der Waals surface area contributed by atoms with Crippen LogP contribution in [0.2, 0.25) is 5.02 Å².